The van der Waals surface area contributed by atoms with Crippen LogP contribution in [0.5, 0.6) is 5.75 Å². The van der Waals surface area contributed by atoms with Crippen molar-refractivity contribution in [3.05, 3.63) is 64.0 Å². The summed E-state index contributed by atoms with van der Waals surface area (Å²) in [6.45, 7) is 6.25. The molecule has 21 heavy (non-hydrogen) atoms. The molecule has 2 aromatic carbocycles. The van der Waals surface area contributed by atoms with Gasteiger partial charge in [-0.05, 0) is 61.2 Å². The highest BCUT2D eigenvalue weighted by Gasteiger charge is 2.08. The molecule has 0 saturated heterocycles. The van der Waals surface area contributed by atoms with Crippen molar-refractivity contribution in [2.45, 2.75) is 27.4 Å². The Morgan fingerprint density at radius 3 is 2.48 bits per heavy atom. The third-order valence-electron chi connectivity index (χ3n) is 3.53. The van der Waals surface area contributed by atoms with Crippen LogP contribution in [0.15, 0.2) is 30.3 Å². The van der Waals surface area contributed by atoms with Crippen LogP contribution in [-0.2, 0) is 6.61 Å². The number of nitrogen functional groups attached to an aromatic ring is 1. The molecule has 110 valence electrons. The Morgan fingerprint density at radius 1 is 1.14 bits per heavy atom. The normalized spacial score (nSPS) is 10.5. The van der Waals surface area contributed by atoms with Gasteiger partial charge in [0.05, 0.1) is 0 Å². The fourth-order valence-electron chi connectivity index (χ4n) is 2.19. The van der Waals surface area contributed by atoms with Crippen LogP contribution in [0.4, 0.5) is 4.39 Å². The maximum Gasteiger partial charge on any atom is 0.125 e. The van der Waals surface area contributed by atoms with Gasteiger partial charge in [-0.2, -0.15) is 0 Å². The predicted octanol–water partition coefficient (Wildman–Crippen LogP) is 3.61. The van der Waals surface area contributed by atoms with Crippen molar-refractivity contribution >= 4 is 5.84 Å². The zero-order valence-electron chi connectivity index (χ0n) is 12.5. The SMILES string of the molecule is Cc1ccc(C)c(OCc2cc(F)cc(C(=N)N)c2)c1C. The monoisotopic (exact) mass is 286 g/mol. The van der Waals surface area contributed by atoms with Crippen LogP contribution >= 0.6 is 0 Å². The molecule has 0 heterocycles. The van der Waals surface area contributed by atoms with Crippen molar-refractivity contribution in [2.75, 3.05) is 0 Å². The number of nitrogens with one attached hydrogen (secondary N) is 1. The van der Waals surface area contributed by atoms with Gasteiger partial charge >= 0.3 is 0 Å². The van der Waals surface area contributed by atoms with E-state index in [0.29, 0.717) is 11.1 Å². The predicted molar refractivity (Wildman–Crippen MR) is 82.4 cm³/mol. The van der Waals surface area contributed by atoms with Gasteiger partial charge in [0.15, 0.2) is 0 Å². The minimum absolute atomic E-state index is 0.154. The molecule has 0 fully saturated rings. The summed E-state index contributed by atoms with van der Waals surface area (Å²) >= 11 is 0. The van der Waals surface area contributed by atoms with Crippen molar-refractivity contribution in [1.29, 1.82) is 5.41 Å². The van der Waals surface area contributed by atoms with Gasteiger partial charge < -0.3 is 10.5 Å². The molecule has 0 aliphatic rings. The van der Waals surface area contributed by atoms with Gasteiger partial charge in [0, 0.05) is 5.56 Å². The maximum atomic E-state index is 13.5. The largest absolute Gasteiger partial charge is 0.488 e. The van der Waals surface area contributed by atoms with E-state index in [4.69, 9.17) is 15.9 Å². The Kier molecular flexibility index (Phi) is 4.26. The number of halogens is 1. The average Bonchev–Trinajstić information content (AvgIpc) is 2.42. The lowest BCUT2D eigenvalue weighted by atomic mass is 10.1. The van der Waals surface area contributed by atoms with E-state index in [-0.39, 0.29) is 12.4 Å². The molecule has 2 aromatic rings. The molecular weight excluding hydrogens is 267 g/mol. The Morgan fingerprint density at radius 2 is 1.81 bits per heavy atom. The quantitative estimate of drug-likeness (QED) is 0.666. The fraction of sp³-hybridized carbons (Fsp3) is 0.235. The lowest BCUT2D eigenvalue weighted by Gasteiger charge is -2.14. The van der Waals surface area contributed by atoms with Gasteiger partial charge in [0.1, 0.15) is 24.0 Å². The first-order valence-electron chi connectivity index (χ1n) is 6.72. The summed E-state index contributed by atoms with van der Waals surface area (Å²) in [6.07, 6.45) is 0. The highest BCUT2D eigenvalue weighted by atomic mass is 19.1. The lowest BCUT2D eigenvalue weighted by Crippen LogP contribution is -2.12. The number of benzene rings is 2. The highest BCUT2D eigenvalue weighted by Crippen LogP contribution is 2.26. The Balaban J connectivity index is 2.25. The highest BCUT2D eigenvalue weighted by molar-refractivity contribution is 5.95. The van der Waals surface area contributed by atoms with Gasteiger partial charge in [-0.25, -0.2) is 4.39 Å². The van der Waals surface area contributed by atoms with Crippen LogP contribution in [0.2, 0.25) is 0 Å². The molecule has 0 aromatic heterocycles. The number of amidine groups is 1. The van der Waals surface area contributed by atoms with E-state index < -0.39 is 5.82 Å². The summed E-state index contributed by atoms with van der Waals surface area (Å²) in [5, 5.41) is 7.39. The molecule has 0 unspecified atom stereocenters. The fourth-order valence-corrected chi connectivity index (χ4v) is 2.19. The number of hydrogen-bond acceptors (Lipinski definition) is 2. The number of nitrogens with two attached hydrogens (primary N) is 1. The van der Waals surface area contributed by atoms with Gasteiger partial charge in [-0.15, -0.1) is 0 Å². The van der Waals surface area contributed by atoms with Crippen LogP contribution in [0, 0.1) is 32.0 Å². The molecular formula is C17H19FN2O. The summed E-state index contributed by atoms with van der Waals surface area (Å²) in [5.74, 6) is 0.251. The molecule has 0 aliphatic heterocycles. The molecule has 0 amide bonds. The van der Waals surface area contributed by atoms with E-state index in [1.165, 1.54) is 12.1 Å². The van der Waals surface area contributed by atoms with Gasteiger partial charge in [0.2, 0.25) is 0 Å². The molecule has 0 atom stereocenters. The van der Waals surface area contributed by atoms with Crippen LogP contribution in [0.1, 0.15) is 27.8 Å². The minimum atomic E-state index is -0.418. The Hall–Kier alpha value is -2.36. The number of ether oxygens (including phenoxy) is 1. The smallest absolute Gasteiger partial charge is 0.125 e. The maximum absolute atomic E-state index is 13.5. The minimum Gasteiger partial charge on any atom is -0.488 e. The standard InChI is InChI=1S/C17H19FN2O/c1-10-4-5-11(2)16(12(10)3)21-9-13-6-14(17(19)20)8-15(18)7-13/h4-8H,9H2,1-3H3,(H3,19,20). The lowest BCUT2D eigenvalue weighted by molar-refractivity contribution is 0.301. The molecule has 3 N–H and O–H groups in total. The summed E-state index contributed by atoms with van der Waals surface area (Å²) in [6, 6.07) is 8.37. The van der Waals surface area contributed by atoms with E-state index in [2.05, 4.69) is 0 Å². The summed E-state index contributed by atoms with van der Waals surface area (Å²) in [7, 11) is 0. The molecule has 4 heteroatoms. The topological polar surface area (TPSA) is 59.1 Å². The van der Waals surface area contributed by atoms with Crippen molar-refractivity contribution in [2.24, 2.45) is 5.73 Å². The molecule has 0 bridgehead atoms. The Bertz CT molecular complexity index is 695. The van der Waals surface area contributed by atoms with E-state index in [1.54, 1.807) is 6.07 Å². The van der Waals surface area contributed by atoms with Crippen molar-refractivity contribution < 1.29 is 9.13 Å². The number of aryl methyl sites for hydroxylation is 2. The first-order chi connectivity index (χ1) is 9.88. The first-order valence-corrected chi connectivity index (χ1v) is 6.72. The molecule has 0 spiro atoms. The van der Waals surface area contributed by atoms with Crippen LogP contribution in [-0.4, -0.2) is 5.84 Å². The van der Waals surface area contributed by atoms with Crippen molar-refractivity contribution in [3.8, 4) is 5.75 Å². The van der Waals surface area contributed by atoms with E-state index in [1.807, 2.05) is 32.9 Å². The zero-order valence-corrected chi connectivity index (χ0v) is 12.5. The molecule has 0 radical (unpaired) electrons. The molecule has 3 nitrogen and oxygen atoms in total. The molecule has 0 saturated carbocycles. The van der Waals surface area contributed by atoms with Gasteiger partial charge in [-0.3, -0.25) is 5.41 Å². The molecule has 2 rings (SSSR count). The van der Waals surface area contributed by atoms with Crippen molar-refractivity contribution in [1.82, 2.24) is 0 Å². The second-order valence-electron chi connectivity index (χ2n) is 5.20. The van der Waals surface area contributed by atoms with Crippen LogP contribution in [0.25, 0.3) is 0 Å². The zero-order chi connectivity index (χ0) is 15.6. The van der Waals surface area contributed by atoms with E-state index in [9.17, 15) is 4.39 Å². The number of rotatable bonds is 4. The summed E-state index contributed by atoms with van der Waals surface area (Å²) < 4.78 is 19.4. The summed E-state index contributed by atoms with van der Waals surface area (Å²) in [5.41, 5.74) is 9.70. The second-order valence-corrected chi connectivity index (χ2v) is 5.20. The number of hydrogen-bond donors (Lipinski definition) is 2. The third-order valence-corrected chi connectivity index (χ3v) is 3.53. The third kappa shape index (κ3) is 3.40. The van der Waals surface area contributed by atoms with E-state index >= 15 is 0 Å². The average molecular weight is 286 g/mol. The van der Waals surface area contributed by atoms with Gasteiger partial charge in [-0.1, -0.05) is 12.1 Å². The Labute approximate surface area is 124 Å². The second kappa shape index (κ2) is 5.95. The van der Waals surface area contributed by atoms with Crippen molar-refractivity contribution in [3.63, 3.8) is 0 Å². The first kappa shape index (κ1) is 15.0. The van der Waals surface area contributed by atoms with Crippen LogP contribution in [0.3, 0.4) is 0 Å². The molecule has 0 aliphatic carbocycles. The van der Waals surface area contributed by atoms with E-state index in [0.717, 1.165) is 22.4 Å². The van der Waals surface area contributed by atoms with Gasteiger partial charge in [0.25, 0.3) is 0 Å². The summed E-state index contributed by atoms with van der Waals surface area (Å²) in [4.78, 5) is 0. The van der Waals surface area contributed by atoms with Crippen LogP contribution < -0.4 is 10.5 Å².